The smallest absolute Gasteiger partial charge is 0.321 e. The molecule has 0 aliphatic heterocycles. The van der Waals surface area contributed by atoms with Gasteiger partial charge in [0, 0.05) is 18.5 Å². The van der Waals surface area contributed by atoms with Crippen LogP contribution in [0.3, 0.4) is 0 Å². The number of imide groups is 1. The maximum absolute atomic E-state index is 13.0. The number of amides is 3. The lowest BCUT2D eigenvalue weighted by molar-refractivity contribution is -0.119. The Bertz CT molecular complexity index is 889. The molecule has 0 radical (unpaired) electrons. The van der Waals surface area contributed by atoms with E-state index in [9.17, 15) is 14.4 Å². The normalized spacial score (nSPS) is 12.4. The first-order chi connectivity index (χ1) is 12.8. The summed E-state index contributed by atoms with van der Waals surface area (Å²) in [6, 6.07) is 1.36. The van der Waals surface area contributed by atoms with Gasteiger partial charge in [0.25, 0.3) is 5.56 Å². The molecule has 2 N–H and O–H groups in total. The Morgan fingerprint density at radius 3 is 2.63 bits per heavy atom. The standard InChI is InChI=1S/C18H26N4O3S2/c1-6-12-9-13-15(27-12)21-18(22(16(13)24)8-7-10(2)3)26-11(4)14(23)20-17(25)19-5/h9-11H,6-8H2,1-5H3,(H2,19,20,23,25)/t11-/m1/s1. The van der Waals surface area contributed by atoms with Crippen LogP contribution in [0.2, 0.25) is 0 Å². The van der Waals surface area contributed by atoms with E-state index in [1.165, 1.54) is 30.1 Å². The zero-order valence-corrected chi connectivity index (χ0v) is 17.9. The number of carbonyl (C=O) groups is 2. The monoisotopic (exact) mass is 410 g/mol. The molecule has 0 aromatic carbocycles. The molecule has 0 unspecified atom stereocenters. The fourth-order valence-corrected chi connectivity index (χ4v) is 4.33. The lowest BCUT2D eigenvalue weighted by Gasteiger charge is -2.16. The average Bonchev–Trinajstić information content (AvgIpc) is 3.04. The van der Waals surface area contributed by atoms with Gasteiger partial charge < -0.3 is 5.32 Å². The van der Waals surface area contributed by atoms with E-state index in [-0.39, 0.29) is 5.56 Å². The van der Waals surface area contributed by atoms with Crippen LogP contribution in [0.5, 0.6) is 0 Å². The molecule has 27 heavy (non-hydrogen) atoms. The van der Waals surface area contributed by atoms with Crippen molar-refractivity contribution < 1.29 is 9.59 Å². The second-order valence-corrected chi connectivity index (χ2v) is 9.07. The second kappa shape index (κ2) is 9.36. The molecule has 3 amide bonds. The molecule has 9 heteroatoms. The van der Waals surface area contributed by atoms with Crippen molar-refractivity contribution in [3.63, 3.8) is 0 Å². The minimum absolute atomic E-state index is 0.0713. The summed E-state index contributed by atoms with van der Waals surface area (Å²) in [5, 5.41) is 5.19. The molecule has 2 aromatic rings. The summed E-state index contributed by atoms with van der Waals surface area (Å²) in [6.07, 6.45) is 1.68. The first-order valence-electron chi connectivity index (χ1n) is 8.99. The fourth-order valence-electron chi connectivity index (χ4n) is 2.38. The molecule has 0 aliphatic carbocycles. The highest BCUT2D eigenvalue weighted by atomic mass is 32.2. The first kappa shape index (κ1) is 21.4. The molecule has 7 nitrogen and oxygen atoms in total. The quantitative estimate of drug-likeness (QED) is 0.541. The number of rotatable bonds is 7. The van der Waals surface area contributed by atoms with Gasteiger partial charge in [-0.2, -0.15) is 0 Å². The lowest BCUT2D eigenvalue weighted by atomic mass is 10.1. The Morgan fingerprint density at radius 1 is 1.33 bits per heavy atom. The number of urea groups is 1. The molecule has 0 saturated carbocycles. The summed E-state index contributed by atoms with van der Waals surface area (Å²) in [5.41, 5.74) is -0.0713. The first-order valence-corrected chi connectivity index (χ1v) is 10.7. The van der Waals surface area contributed by atoms with Gasteiger partial charge in [0.2, 0.25) is 5.91 Å². The van der Waals surface area contributed by atoms with Crippen LogP contribution >= 0.6 is 23.1 Å². The molecule has 2 aromatic heterocycles. The number of thioether (sulfide) groups is 1. The molecule has 0 fully saturated rings. The highest BCUT2D eigenvalue weighted by molar-refractivity contribution is 8.00. The Labute approximate surface area is 166 Å². The van der Waals surface area contributed by atoms with Crippen LogP contribution in [-0.4, -0.2) is 33.8 Å². The second-order valence-electron chi connectivity index (χ2n) is 6.65. The van der Waals surface area contributed by atoms with Crippen molar-refractivity contribution in [1.29, 1.82) is 0 Å². The number of hydrogen-bond donors (Lipinski definition) is 2. The van der Waals surface area contributed by atoms with E-state index in [0.29, 0.717) is 27.8 Å². The molecule has 0 saturated heterocycles. The topological polar surface area (TPSA) is 93.1 Å². The van der Waals surface area contributed by atoms with Crippen molar-refractivity contribution in [3.8, 4) is 0 Å². The van der Waals surface area contributed by atoms with Gasteiger partial charge >= 0.3 is 6.03 Å². The van der Waals surface area contributed by atoms with Crippen molar-refractivity contribution in [2.24, 2.45) is 5.92 Å². The highest BCUT2D eigenvalue weighted by Gasteiger charge is 2.21. The van der Waals surface area contributed by atoms with E-state index < -0.39 is 17.2 Å². The van der Waals surface area contributed by atoms with Gasteiger partial charge in [0.15, 0.2) is 5.16 Å². The minimum Gasteiger partial charge on any atom is -0.341 e. The minimum atomic E-state index is -0.567. The number of nitrogens with zero attached hydrogens (tertiary/aromatic N) is 2. The third-order valence-electron chi connectivity index (χ3n) is 4.06. The van der Waals surface area contributed by atoms with Gasteiger partial charge in [-0.05, 0) is 31.7 Å². The van der Waals surface area contributed by atoms with Gasteiger partial charge in [-0.15, -0.1) is 11.3 Å². The zero-order chi connectivity index (χ0) is 20.1. The van der Waals surface area contributed by atoms with E-state index in [1.54, 1.807) is 11.5 Å². The van der Waals surface area contributed by atoms with Gasteiger partial charge in [0.05, 0.1) is 10.6 Å². The summed E-state index contributed by atoms with van der Waals surface area (Å²) >= 11 is 2.70. The predicted molar refractivity (Wildman–Crippen MR) is 111 cm³/mol. The predicted octanol–water partition coefficient (Wildman–Crippen LogP) is 3.00. The third kappa shape index (κ3) is 5.32. The van der Waals surface area contributed by atoms with Crippen LogP contribution in [-0.2, 0) is 17.8 Å². The number of thiophene rings is 1. The summed E-state index contributed by atoms with van der Waals surface area (Å²) in [5.74, 6) is 0.0117. The zero-order valence-electron chi connectivity index (χ0n) is 16.3. The van der Waals surface area contributed by atoms with Gasteiger partial charge in [-0.3, -0.25) is 19.5 Å². The van der Waals surface area contributed by atoms with Crippen molar-refractivity contribution in [2.75, 3.05) is 7.05 Å². The summed E-state index contributed by atoms with van der Waals surface area (Å²) < 4.78 is 1.66. The van der Waals surface area contributed by atoms with Crippen LogP contribution in [0.25, 0.3) is 10.2 Å². The Balaban J connectivity index is 2.39. The van der Waals surface area contributed by atoms with Gasteiger partial charge in [0.1, 0.15) is 4.83 Å². The number of carbonyl (C=O) groups excluding carboxylic acids is 2. The molecule has 2 heterocycles. The van der Waals surface area contributed by atoms with Crippen LogP contribution in [0.1, 0.15) is 39.0 Å². The maximum Gasteiger partial charge on any atom is 0.321 e. The van der Waals surface area contributed by atoms with E-state index >= 15 is 0 Å². The average molecular weight is 411 g/mol. The molecule has 0 aliphatic rings. The van der Waals surface area contributed by atoms with Crippen molar-refractivity contribution in [1.82, 2.24) is 20.2 Å². The Morgan fingerprint density at radius 2 is 2.04 bits per heavy atom. The number of nitrogens with one attached hydrogen (secondary N) is 2. The summed E-state index contributed by atoms with van der Waals surface area (Å²) in [7, 11) is 1.45. The fraction of sp³-hybridized carbons (Fsp3) is 0.556. The Hall–Kier alpha value is -1.87. The highest BCUT2D eigenvalue weighted by Crippen LogP contribution is 2.27. The van der Waals surface area contributed by atoms with E-state index in [2.05, 4.69) is 29.5 Å². The van der Waals surface area contributed by atoms with Crippen LogP contribution in [0.15, 0.2) is 16.0 Å². The molecule has 2 rings (SSSR count). The SMILES string of the molecule is CCc1cc2c(=O)n(CCC(C)C)c(S[C@H](C)C(=O)NC(=O)NC)nc2s1. The molecule has 148 valence electrons. The van der Waals surface area contributed by atoms with Crippen molar-refractivity contribution in [2.45, 2.75) is 57.5 Å². The van der Waals surface area contributed by atoms with Crippen LogP contribution in [0.4, 0.5) is 4.79 Å². The van der Waals surface area contributed by atoms with Crippen molar-refractivity contribution in [3.05, 3.63) is 21.3 Å². The maximum atomic E-state index is 13.0. The lowest BCUT2D eigenvalue weighted by Crippen LogP contribution is -2.41. The van der Waals surface area contributed by atoms with Crippen LogP contribution < -0.4 is 16.2 Å². The molecule has 1 atom stereocenters. The Kier molecular flexibility index (Phi) is 7.43. The molecule has 0 bridgehead atoms. The summed E-state index contributed by atoms with van der Waals surface area (Å²) in [6.45, 7) is 8.48. The van der Waals surface area contributed by atoms with E-state index in [1.807, 2.05) is 13.0 Å². The molecule has 0 spiro atoms. The third-order valence-corrected chi connectivity index (χ3v) is 6.32. The number of aryl methyl sites for hydroxylation is 1. The van der Waals surface area contributed by atoms with Crippen LogP contribution in [0, 0.1) is 5.92 Å². The number of hydrogen-bond acceptors (Lipinski definition) is 6. The molecular weight excluding hydrogens is 384 g/mol. The van der Waals surface area contributed by atoms with Gasteiger partial charge in [-0.25, -0.2) is 9.78 Å². The van der Waals surface area contributed by atoms with E-state index in [4.69, 9.17) is 0 Å². The van der Waals surface area contributed by atoms with Gasteiger partial charge in [-0.1, -0.05) is 32.5 Å². The largest absolute Gasteiger partial charge is 0.341 e. The summed E-state index contributed by atoms with van der Waals surface area (Å²) in [4.78, 5) is 43.0. The number of fused-ring (bicyclic) bond motifs is 1. The van der Waals surface area contributed by atoms with E-state index in [0.717, 1.165) is 17.7 Å². The number of aromatic nitrogens is 2. The molecular formula is C18H26N4O3S2. The van der Waals surface area contributed by atoms with Crippen molar-refractivity contribution >= 4 is 45.3 Å².